The third kappa shape index (κ3) is 2.65. The third-order valence-electron chi connectivity index (χ3n) is 4.12. The van der Waals surface area contributed by atoms with Gasteiger partial charge in [-0.15, -0.1) is 0 Å². The van der Waals surface area contributed by atoms with Gasteiger partial charge in [-0.25, -0.2) is 4.98 Å². The summed E-state index contributed by atoms with van der Waals surface area (Å²) in [5.41, 5.74) is 5.32. The van der Waals surface area contributed by atoms with Crippen LogP contribution in [0.15, 0.2) is 6.20 Å². The van der Waals surface area contributed by atoms with Gasteiger partial charge < -0.3 is 11.1 Å². The average molecular weight is 275 g/mol. The number of hydrogen-bond donors (Lipinski definition) is 2. The van der Waals surface area contributed by atoms with Crippen LogP contribution in [-0.2, 0) is 4.79 Å². The lowest BCUT2D eigenvalue weighted by atomic mass is 9.88. The standard InChI is InChI=1S/C14H17N3OS/c15-5-1-2-11-8-16-14(19-11)17-13(18)12-7-9-3-4-10(12)6-9/h8-10,12H,3-7,15H2,(H,16,17,18). The molecule has 4 nitrogen and oxygen atoms in total. The molecule has 2 aliphatic carbocycles. The molecule has 5 heteroatoms. The summed E-state index contributed by atoms with van der Waals surface area (Å²) in [7, 11) is 0. The number of carbonyl (C=O) groups is 1. The van der Waals surface area contributed by atoms with E-state index in [4.69, 9.17) is 5.73 Å². The number of rotatable bonds is 2. The number of nitrogens with zero attached hydrogens (tertiary/aromatic N) is 1. The minimum Gasteiger partial charge on any atom is -0.320 e. The van der Waals surface area contributed by atoms with Crippen molar-refractivity contribution in [2.45, 2.75) is 25.7 Å². The van der Waals surface area contributed by atoms with Crippen molar-refractivity contribution in [3.63, 3.8) is 0 Å². The summed E-state index contributed by atoms with van der Waals surface area (Å²) >= 11 is 1.41. The Labute approximate surface area is 116 Å². The fourth-order valence-corrected chi connectivity index (χ4v) is 3.99. The van der Waals surface area contributed by atoms with Gasteiger partial charge in [-0.2, -0.15) is 0 Å². The van der Waals surface area contributed by atoms with E-state index in [2.05, 4.69) is 22.1 Å². The normalized spacial score (nSPS) is 27.9. The predicted molar refractivity (Wildman–Crippen MR) is 75.6 cm³/mol. The first kappa shape index (κ1) is 12.6. The molecule has 100 valence electrons. The first-order valence-corrected chi connectivity index (χ1v) is 7.53. The van der Waals surface area contributed by atoms with Crippen LogP contribution in [0.2, 0.25) is 0 Å². The maximum Gasteiger partial charge on any atom is 0.229 e. The van der Waals surface area contributed by atoms with E-state index in [1.165, 1.54) is 30.6 Å². The molecule has 2 bridgehead atoms. The van der Waals surface area contributed by atoms with Crippen molar-refractivity contribution < 1.29 is 4.79 Å². The number of thiazole rings is 1. The van der Waals surface area contributed by atoms with Crippen molar-refractivity contribution in [1.29, 1.82) is 0 Å². The molecule has 0 saturated heterocycles. The second-order valence-corrected chi connectivity index (χ2v) is 6.34. The van der Waals surface area contributed by atoms with Gasteiger partial charge in [0.2, 0.25) is 5.91 Å². The molecule has 1 amide bonds. The molecule has 3 N–H and O–H groups in total. The Balaban J connectivity index is 1.62. The number of hydrogen-bond acceptors (Lipinski definition) is 4. The van der Waals surface area contributed by atoms with Gasteiger partial charge in [0.15, 0.2) is 5.13 Å². The molecule has 2 aliphatic rings. The summed E-state index contributed by atoms with van der Waals surface area (Å²) in [5.74, 6) is 7.42. The zero-order valence-electron chi connectivity index (χ0n) is 10.7. The van der Waals surface area contributed by atoms with Crippen LogP contribution in [0, 0.1) is 29.6 Å². The quantitative estimate of drug-likeness (QED) is 0.809. The van der Waals surface area contributed by atoms with Crippen LogP contribution >= 0.6 is 11.3 Å². The SMILES string of the molecule is NCC#Cc1cnc(NC(=O)C2CC3CCC2C3)s1. The van der Waals surface area contributed by atoms with Crippen LogP contribution in [0.25, 0.3) is 0 Å². The largest absolute Gasteiger partial charge is 0.320 e. The van der Waals surface area contributed by atoms with Crippen molar-refractivity contribution in [3.8, 4) is 11.8 Å². The van der Waals surface area contributed by atoms with Crippen molar-refractivity contribution in [2.24, 2.45) is 23.5 Å². The molecule has 3 rings (SSSR count). The van der Waals surface area contributed by atoms with E-state index >= 15 is 0 Å². The molecule has 3 unspecified atom stereocenters. The minimum atomic E-state index is 0.139. The Morgan fingerprint density at radius 3 is 3.11 bits per heavy atom. The molecule has 1 aromatic rings. The van der Waals surface area contributed by atoms with Crippen LogP contribution in [0.5, 0.6) is 0 Å². The van der Waals surface area contributed by atoms with Crippen molar-refractivity contribution in [2.75, 3.05) is 11.9 Å². The second kappa shape index (κ2) is 5.32. The molecule has 0 radical (unpaired) electrons. The molecular weight excluding hydrogens is 258 g/mol. The molecule has 2 fully saturated rings. The van der Waals surface area contributed by atoms with Gasteiger partial charge in [-0.1, -0.05) is 29.6 Å². The van der Waals surface area contributed by atoms with Gasteiger partial charge in [-0.05, 0) is 31.1 Å². The third-order valence-corrected chi connectivity index (χ3v) is 4.95. The molecule has 1 aromatic heterocycles. The van der Waals surface area contributed by atoms with Crippen LogP contribution in [0.4, 0.5) is 5.13 Å². The van der Waals surface area contributed by atoms with E-state index in [0.717, 1.165) is 17.2 Å². The highest BCUT2D eigenvalue weighted by molar-refractivity contribution is 7.16. The fourth-order valence-electron chi connectivity index (χ4n) is 3.29. The predicted octanol–water partition coefficient (Wildman–Crippen LogP) is 1.83. The van der Waals surface area contributed by atoms with E-state index in [1.54, 1.807) is 6.20 Å². The number of amides is 1. The zero-order valence-corrected chi connectivity index (χ0v) is 11.5. The lowest BCUT2D eigenvalue weighted by Crippen LogP contribution is -2.27. The van der Waals surface area contributed by atoms with Crippen molar-refractivity contribution in [3.05, 3.63) is 11.1 Å². The Hall–Kier alpha value is -1.38. The van der Waals surface area contributed by atoms with E-state index in [-0.39, 0.29) is 11.8 Å². The maximum atomic E-state index is 12.2. The summed E-state index contributed by atoms with van der Waals surface area (Å²) in [5, 5.41) is 3.58. The number of nitrogens with one attached hydrogen (secondary N) is 1. The highest BCUT2D eigenvalue weighted by atomic mass is 32.1. The Morgan fingerprint density at radius 1 is 1.53 bits per heavy atom. The maximum absolute atomic E-state index is 12.2. The molecule has 2 saturated carbocycles. The highest BCUT2D eigenvalue weighted by Crippen LogP contribution is 2.48. The smallest absolute Gasteiger partial charge is 0.229 e. The molecular formula is C14H17N3OS. The molecule has 0 aromatic carbocycles. The van der Waals surface area contributed by atoms with Gasteiger partial charge in [-0.3, -0.25) is 4.79 Å². The number of nitrogens with two attached hydrogens (primary N) is 1. The highest BCUT2D eigenvalue weighted by Gasteiger charge is 2.43. The molecule has 0 aliphatic heterocycles. The summed E-state index contributed by atoms with van der Waals surface area (Å²) in [4.78, 5) is 17.3. The van der Waals surface area contributed by atoms with E-state index in [0.29, 0.717) is 17.6 Å². The van der Waals surface area contributed by atoms with Crippen molar-refractivity contribution >= 4 is 22.4 Å². The molecule has 19 heavy (non-hydrogen) atoms. The summed E-state index contributed by atoms with van der Waals surface area (Å²) in [6.45, 7) is 0.338. The summed E-state index contributed by atoms with van der Waals surface area (Å²) in [6.07, 6.45) is 6.51. The van der Waals surface area contributed by atoms with Gasteiger partial charge in [0.25, 0.3) is 0 Å². The topological polar surface area (TPSA) is 68.0 Å². The Kier molecular flexibility index (Phi) is 3.54. The first-order chi connectivity index (χ1) is 9.26. The van der Waals surface area contributed by atoms with Crippen LogP contribution < -0.4 is 11.1 Å². The fraction of sp³-hybridized carbons (Fsp3) is 0.571. The summed E-state index contributed by atoms with van der Waals surface area (Å²) < 4.78 is 0. The Morgan fingerprint density at radius 2 is 2.42 bits per heavy atom. The number of anilines is 1. The van der Waals surface area contributed by atoms with Crippen molar-refractivity contribution in [1.82, 2.24) is 4.98 Å². The van der Waals surface area contributed by atoms with Gasteiger partial charge >= 0.3 is 0 Å². The lowest BCUT2D eigenvalue weighted by molar-refractivity contribution is -0.121. The number of fused-ring (bicyclic) bond motifs is 2. The van der Waals surface area contributed by atoms with Gasteiger partial charge in [0, 0.05) is 5.92 Å². The Bertz CT molecular complexity index is 542. The van der Waals surface area contributed by atoms with E-state index in [1.807, 2.05) is 0 Å². The van der Waals surface area contributed by atoms with E-state index < -0.39 is 0 Å². The number of aromatic nitrogens is 1. The second-order valence-electron chi connectivity index (χ2n) is 5.31. The molecule has 1 heterocycles. The molecule has 0 spiro atoms. The van der Waals surface area contributed by atoms with Gasteiger partial charge in [0.05, 0.1) is 17.6 Å². The summed E-state index contributed by atoms with van der Waals surface area (Å²) in [6, 6.07) is 0. The average Bonchev–Trinajstić information content (AvgIpc) is 3.12. The van der Waals surface area contributed by atoms with Gasteiger partial charge in [0.1, 0.15) is 0 Å². The van der Waals surface area contributed by atoms with Crippen LogP contribution in [-0.4, -0.2) is 17.4 Å². The van der Waals surface area contributed by atoms with Crippen LogP contribution in [0.3, 0.4) is 0 Å². The molecule has 3 atom stereocenters. The lowest BCUT2D eigenvalue weighted by Gasteiger charge is -2.19. The van der Waals surface area contributed by atoms with Crippen LogP contribution in [0.1, 0.15) is 30.6 Å². The zero-order chi connectivity index (χ0) is 13.2. The monoisotopic (exact) mass is 275 g/mol. The number of carbonyl (C=O) groups excluding carboxylic acids is 1. The van der Waals surface area contributed by atoms with E-state index in [9.17, 15) is 4.79 Å². The minimum absolute atomic E-state index is 0.139. The first-order valence-electron chi connectivity index (χ1n) is 6.72.